The summed E-state index contributed by atoms with van der Waals surface area (Å²) in [6, 6.07) is 14.8. The van der Waals surface area contributed by atoms with E-state index in [2.05, 4.69) is 5.32 Å². The van der Waals surface area contributed by atoms with Gasteiger partial charge in [0.05, 0.1) is 12.3 Å². The fraction of sp³-hybridized carbons (Fsp3) is 0.190. The molecule has 1 aliphatic heterocycles. The molecule has 0 atom stereocenters. The Kier molecular flexibility index (Phi) is 5.35. The first-order valence-electron chi connectivity index (χ1n) is 8.65. The molecule has 3 rings (SSSR count). The smallest absolute Gasteiger partial charge is 0.335 e. The Bertz CT molecular complexity index is 903. The van der Waals surface area contributed by atoms with E-state index in [1.54, 1.807) is 48.5 Å². The van der Waals surface area contributed by atoms with E-state index in [-0.39, 0.29) is 5.57 Å². The molecular weight excluding hydrogens is 344 g/mol. The van der Waals surface area contributed by atoms with Crippen LogP contribution in [0.1, 0.15) is 19.4 Å². The summed E-state index contributed by atoms with van der Waals surface area (Å²) in [5, 5.41) is 2.22. The highest BCUT2D eigenvalue weighted by Gasteiger charge is 2.36. The van der Waals surface area contributed by atoms with Gasteiger partial charge in [0.2, 0.25) is 0 Å². The van der Waals surface area contributed by atoms with Gasteiger partial charge in [-0.3, -0.25) is 14.9 Å². The highest BCUT2D eigenvalue weighted by atomic mass is 16.5. The minimum Gasteiger partial charge on any atom is -0.493 e. The number of para-hydroxylation sites is 2. The summed E-state index contributed by atoms with van der Waals surface area (Å²) in [4.78, 5) is 38.3. The molecule has 2 aromatic rings. The Morgan fingerprint density at radius 2 is 1.67 bits per heavy atom. The molecular formula is C21H20N2O4. The first kappa shape index (κ1) is 18.4. The van der Waals surface area contributed by atoms with Crippen LogP contribution in [0.2, 0.25) is 0 Å². The van der Waals surface area contributed by atoms with Gasteiger partial charge in [-0.2, -0.15) is 0 Å². The van der Waals surface area contributed by atoms with Crippen molar-refractivity contribution in [2.24, 2.45) is 5.92 Å². The predicted octanol–water partition coefficient (Wildman–Crippen LogP) is 3.39. The van der Waals surface area contributed by atoms with Crippen molar-refractivity contribution >= 4 is 29.6 Å². The number of rotatable bonds is 5. The van der Waals surface area contributed by atoms with Gasteiger partial charge >= 0.3 is 6.03 Å². The van der Waals surface area contributed by atoms with Crippen molar-refractivity contribution in [3.63, 3.8) is 0 Å². The molecule has 2 aromatic carbocycles. The highest BCUT2D eigenvalue weighted by Crippen LogP contribution is 2.25. The van der Waals surface area contributed by atoms with Gasteiger partial charge in [-0.1, -0.05) is 50.2 Å². The lowest BCUT2D eigenvalue weighted by atomic mass is 10.1. The Morgan fingerprint density at radius 1 is 1.00 bits per heavy atom. The fourth-order valence-electron chi connectivity index (χ4n) is 2.61. The van der Waals surface area contributed by atoms with Gasteiger partial charge in [0.1, 0.15) is 11.3 Å². The van der Waals surface area contributed by atoms with E-state index in [0.29, 0.717) is 29.5 Å². The summed E-state index contributed by atoms with van der Waals surface area (Å²) in [5.74, 6) is -0.497. The van der Waals surface area contributed by atoms with Crippen molar-refractivity contribution in [3.05, 3.63) is 65.7 Å². The van der Waals surface area contributed by atoms with Crippen LogP contribution >= 0.6 is 0 Å². The number of carbonyl (C=O) groups excluding carboxylic acids is 3. The lowest BCUT2D eigenvalue weighted by Gasteiger charge is -2.26. The molecule has 6 nitrogen and oxygen atoms in total. The van der Waals surface area contributed by atoms with E-state index in [9.17, 15) is 14.4 Å². The van der Waals surface area contributed by atoms with Gasteiger partial charge in [0, 0.05) is 5.56 Å². The minimum atomic E-state index is -0.766. The summed E-state index contributed by atoms with van der Waals surface area (Å²) in [5.41, 5.74) is 0.862. The maximum Gasteiger partial charge on any atom is 0.335 e. The van der Waals surface area contributed by atoms with Crippen molar-refractivity contribution in [3.8, 4) is 5.75 Å². The van der Waals surface area contributed by atoms with Gasteiger partial charge < -0.3 is 4.74 Å². The molecule has 0 aliphatic carbocycles. The molecule has 6 heteroatoms. The van der Waals surface area contributed by atoms with E-state index in [4.69, 9.17) is 4.74 Å². The number of urea groups is 1. The topological polar surface area (TPSA) is 75.7 Å². The average molecular weight is 364 g/mol. The molecule has 1 N–H and O–H groups in total. The number of benzene rings is 2. The number of amides is 4. The van der Waals surface area contributed by atoms with Crippen molar-refractivity contribution < 1.29 is 19.1 Å². The summed E-state index contributed by atoms with van der Waals surface area (Å²) in [6.07, 6.45) is 1.45. The molecule has 1 fully saturated rings. The molecule has 4 amide bonds. The molecule has 27 heavy (non-hydrogen) atoms. The van der Waals surface area contributed by atoms with Gasteiger partial charge in [-0.15, -0.1) is 0 Å². The van der Waals surface area contributed by atoms with Gasteiger partial charge in [0.15, 0.2) is 0 Å². The van der Waals surface area contributed by atoms with Crippen LogP contribution in [0.15, 0.2) is 60.2 Å². The largest absolute Gasteiger partial charge is 0.493 e. The summed E-state index contributed by atoms with van der Waals surface area (Å²) in [6.45, 7) is 4.57. The zero-order valence-corrected chi connectivity index (χ0v) is 15.1. The summed E-state index contributed by atoms with van der Waals surface area (Å²) >= 11 is 0. The van der Waals surface area contributed by atoms with Crippen LogP contribution in [0, 0.1) is 5.92 Å². The van der Waals surface area contributed by atoms with Gasteiger partial charge in [-0.05, 0) is 30.2 Å². The van der Waals surface area contributed by atoms with Crippen molar-refractivity contribution in [1.29, 1.82) is 0 Å². The molecule has 0 saturated carbocycles. The van der Waals surface area contributed by atoms with Crippen LogP contribution in [0.4, 0.5) is 10.5 Å². The molecule has 138 valence electrons. The number of ether oxygens (including phenoxy) is 1. The average Bonchev–Trinajstić information content (AvgIpc) is 2.65. The number of barbiturate groups is 1. The number of anilines is 1. The number of nitrogens with zero attached hydrogens (tertiary/aromatic N) is 1. The number of hydrogen-bond donors (Lipinski definition) is 1. The third-order valence-corrected chi connectivity index (χ3v) is 3.91. The first-order valence-corrected chi connectivity index (χ1v) is 8.65. The molecule has 0 aromatic heterocycles. The van der Waals surface area contributed by atoms with E-state index in [1.807, 2.05) is 19.9 Å². The number of hydrogen-bond acceptors (Lipinski definition) is 4. The molecule has 1 heterocycles. The molecule has 0 spiro atoms. The SMILES string of the molecule is CC(C)COc1ccccc1/C=C1\C(=O)NC(=O)N(c2ccccc2)C1=O. The normalized spacial score (nSPS) is 16.0. The number of carbonyl (C=O) groups is 3. The Balaban J connectivity index is 1.97. The molecule has 1 saturated heterocycles. The Labute approximate surface area is 157 Å². The van der Waals surface area contributed by atoms with Crippen LogP contribution in [0.5, 0.6) is 5.75 Å². The van der Waals surface area contributed by atoms with Crippen LogP contribution in [-0.2, 0) is 9.59 Å². The third-order valence-electron chi connectivity index (χ3n) is 3.91. The zero-order valence-electron chi connectivity index (χ0n) is 15.1. The van der Waals surface area contributed by atoms with E-state index in [1.165, 1.54) is 6.08 Å². The minimum absolute atomic E-state index is 0.126. The van der Waals surface area contributed by atoms with Crippen LogP contribution in [0.3, 0.4) is 0 Å². The van der Waals surface area contributed by atoms with Crippen molar-refractivity contribution in [2.75, 3.05) is 11.5 Å². The first-order chi connectivity index (χ1) is 13.0. The molecule has 1 aliphatic rings. The quantitative estimate of drug-likeness (QED) is 0.652. The molecule has 0 bridgehead atoms. The van der Waals surface area contributed by atoms with Crippen LogP contribution in [-0.4, -0.2) is 24.5 Å². The Morgan fingerprint density at radius 3 is 2.37 bits per heavy atom. The number of imide groups is 2. The Hall–Kier alpha value is -3.41. The monoisotopic (exact) mass is 364 g/mol. The second-order valence-corrected chi connectivity index (χ2v) is 6.54. The molecule has 0 unspecified atom stereocenters. The lowest BCUT2D eigenvalue weighted by molar-refractivity contribution is -0.122. The fourth-order valence-corrected chi connectivity index (χ4v) is 2.61. The van der Waals surface area contributed by atoms with Crippen LogP contribution in [0.25, 0.3) is 6.08 Å². The van der Waals surface area contributed by atoms with Crippen molar-refractivity contribution in [1.82, 2.24) is 5.32 Å². The predicted molar refractivity (Wildman–Crippen MR) is 102 cm³/mol. The lowest BCUT2D eigenvalue weighted by Crippen LogP contribution is -2.54. The van der Waals surface area contributed by atoms with Gasteiger partial charge in [0.25, 0.3) is 11.8 Å². The molecule has 0 radical (unpaired) electrons. The second-order valence-electron chi connectivity index (χ2n) is 6.54. The van der Waals surface area contributed by atoms with Crippen molar-refractivity contribution in [2.45, 2.75) is 13.8 Å². The van der Waals surface area contributed by atoms with E-state index >= 15 is 0 Å². The summed E-state index contributed by atoms with van der Waals surface area (Å²) in [7, 11) is 0. The maximum absolute atomic E-state index is 12.9. The standard InChI is InChI=1S/C21H20N2O4/c1-14(2)13-27-18-11-7-6-8-15(18)12-17-19(24)22-21(26)23(20(17)25)16-9-4-3-5-10-16/h3-12,14H,13H2,1-2H3,(H,22,24,26)/b17-12+. The third kappa shape index (κ3) is 4.06. The van der Waals surface area contributed by atoms with Gasteiger partial charge in [-0.25, -0.2) is 9.69 Å². The zero-order chi connectivity index (χ0) is 19.4. The highest BCUT2D eigenvalue weighted by molar-refractivity contribution is 6.39. The summed E-state index contributed by atoms with van der Waals surface area (Å²) < 4.78 is 5.78. The second kappa shape index (κ2) is 7.86. The number of nitrogens with one attached hydrogen (secondary N) is 1. The van der Waals surface area contributed by atoms with Crippen LogP contribution < -0.4 is 15.0 Å². The maximum atomic E-state index is 12.9. The van der Waals surface area contributed by atoms with E-state index in [0.717, 1.165) is 4.90 Å². The van der Waals surface area contributed by atoms with E-state index < -0.39 is 17.8 Å².